The number of nitrogens with zero attached hydrogens (tertiary/aromatic N) is 3. The van der Waals surface area contributed by atoms with Crippen LogP contribution in [0.5, 0.6) is 5.75 Å². The van der Waals surface area contributed by atoms with Crippen LogP contribution < -0.4 is 4.74 Å². The molecule has 2 heterocycles. The van der Waals surface area contributed by atoms with Crippen molar-refractivity contribution in [1.29, 1.82) is 0 Å². The van der Waals surface area contributed by atoms with Crippen molar-refractivity contribution in [2.24, 2.45) is 34.7 Å². The SMILES string of the molecule is CN(C)CCN1C(=O)[C@@H]2[C@@H]3C[C@@H]([C@H]4ON=C(c5ccc(OCc6ccccc6)cc5)[C@@H]34)[C@@H]2C1=O. The summed E-state index contributed by atoms with van der Waals surface area (Å²) in [5.74, 6) is 0.535. The van der Waals surface area contributed by atoms with Crippen LogP contribution in [0, 0.1) is 29.6 Å². The first-order valence-electron chi connectivity index (χ1n) is 12.0. The van der Waals surface area contributed by atoms with Crippen molar-refractivity contribution in [3.8, 4) is 5.75 Å². The molecule has 2 aliphatic heterocycles. The van der Waals surface area contributed by atoms with E-state index in [0.29, 0.717) is 19.7 Å². The lowest BCUT2D eigenvalue weighted by atomic mass is 9.71. The largest absolute Gasteiger partial charge is 0.489 e. The zero-order valence-electron chi connectivity index (χ0n) is 19.5. The minimum absolute atomic E-state index is 0.00119. The third kappa shape index (κ3) is 3.33. The minimum Gasteiger partial charge on any atom is -0.489 e. The summed E-state index contributed by atoms with van der Waals surface area (Å²) in [5.41, 5.74) is 3.01. The fourth-order valence-electron chi connectivity index (χ4n) is 6.41. The van der Waals surface area contributed by atoms with Gasteiger partial charge in [-0.25, -0.2) is 0 Å². The molecule has 7 nitrogen and oxygen atoms in total. The molecule has 2 amide bonds. The van der Waals surface area contributed by atoms with Crippen molar-refractivity contribution < 1.29 is 19.2 Å². The van der Waals surface area contributed by atoms with Crippen molar-refractivity contribution in [2.75, 3.05) is 27.2 Å². The van der Waals surface area contributed by atoms with Gasteiger partial charge in [-0.2, -0.15) is 0 Å². The monoisotopic (exact) mass is 459 g/mol. The topological polar surface area (TPSA) is 71.4 Å². The van der Waals surface area contributed by atoms with Crippen LogP contribution in [0.2, 0.25) is 0 Å². The summed E-state index contributed by atoms with van der Waals surface area (Å²) in [5, 5.41) is 4.44. The van der Waals surface area contributed by atoms with Crippen molar-refractivity contribution in [2.45, 2.75) is 19.1 Å². The van der Waals surface area contributed by atoms with E-state index in [1.807, 2.05) is 73.6 Å². The molecule has 2 aromatic carbocycles. The molecule has 0 unspecified atom stereocenters. The Kier molecular flexibility index (Phi) is 5.17. The van der Waals surface area contributed by atoms with Crippen LogP contribution in [0.3, 0.4) is 0 Å². The van der Waals surface area contributed by atoms with E-state index in [4.69, 9.17) is 9.57 Å². The first-order chi connectivity index (χ1) is 16.5. The van der Waals surface area contributed by atoms with Crippen LogP contribution in [-0.4, -0.2) is 60.6 Å². The van der Waals surface area contributed by atoms with Crippen molar-refractivity contribution in [1.82, 2.24) is 9.80 Å². The van der Waals surface area contributed by atoms with E-state index in [2.05, 4.69) is 5.16 Å². The van der Waals surface area contributed by atoms with Crippen molar-refractivity contribution in [3.05, 3.63) is 65.7 Å². The lowest BCUT2D eigenvalue weighted by molar-refractivity contribution is -0.141. The van der Waals surface area contributed by atoms with Gasteiger partial charge in [0.15, 0.2) is 0 Å². The second-order valence-electron chi connectivity index (χ2n) is 10.1. The molecule has 0 N–H and O–H groups in total. The second kappa shape index (κ2) is 8.24. The van der Waals surface area contributed by atoms with E-state index >= 15 is 0 Å². The third-order valence-corrected chi connectivity index (χ3v) is 7.95. The predicted molar refractivity (Wildman–Crippen MR) is 126 cm³/mol. The van der Waals surface area contributed by atoms with Gasteiger partial charge in [-0.3, -0.25) is 14.5 Å². The Bertz CT molecular complexity index is 1130. The van der Waals surface area contributed by atoms with Gasteiger partial charge in [0.2, 0.25) is 11.8 Å². The van der Waals surface area contributed by atoms with E-state index in [-0.39, 0.29) is 47.5 Å². The molecular formula is C27H29N3O4. The van der Waals surface area contributed by atoms with Gasteiger partial charge in [0.05, 0.1) is 17.5 Å². The molecular weight excluding hydrogens is 430 g/mol. The van der Waals surface area contributed by atoms with Gasteiger partial charge in [-0.05, 0) is 56.3 Å². The van der Waals surface area contributed by atoms with Crippen LogP contribution in [0.4, 0.5) is 0 Å². The molecule has 0 radical (unpaired) electrons. The summed E-state index contributed by atoms with van der Waals surface area (Å²) < 4.78 is 5.92. The normalized spacial score (nSPS) is 31.0. The Morgan fingerprint density at radius 1 is 0.971 bits per heavy atom. The van der Waals surface area contributed by atoms with E-state index in [0.717, 1.165) is 29.0 Å². The molecule has 0 spiro atoms. The fraction of sp³-hybridized carbons (Fsp3) is 0.444. The number of carbonyl (C=O) groups is 2. The zero-order valence-corrected chi connectivity index (χ0v) is 19.5. The molecule has 176 valence electrons. The molecule has 4 aliphatic rings. The van der Waals surface area contributed by atoms with Gasteiger partial charge in [0.25, 0.3) is 0 Å². The van der Waals surface area contributed by atoms with Crippen LogP contribution in [-0.2, 0) is 21.0 Å². The predicted octanol–water partition coefficient (Wildman–Crippen LogP) is 2.80. The average molecular weight is 460 g/mol. The smallest absolute Gasteiger partial charge is 0.233 e. The van der Waals surface area contributed by atoms with Crippen LogP contribution in [0.1, 0.15) is 17.5 Å². The van der Waals surface area contributed by atoms with Gasteiger partial charge in [0.1, 0.15) is 18.5 Å². The Labute approximate surface area is 199 Å². The summed E-state index contributed by atoms with van der Waals surface area (Å²) in [7, 11) is 3.91. The molecule has 34 heavy (non-hydrogen) atoms. The second-order valence-corrected chi connectivity index (χ2v) is 10.1. The van der Waals surface area contributed by atoms with Gasteiger partial charge in [-0.15, -0.1) is 0 Å². The van der Waals surface area contributed by atoms with E-state index < -0.39 is 0 Å². The molecule has 6 rings (SSSR count). The van der Waals surface area contributed by atoms with Gasteiger partial charge >= 0.3 is 0 Å². The number of imide groups is 1. The number of ether oxygens (including phenoxy) is 1. The molecule has 2 aromatic rings. The number of carbonyl (C=O) groups excluding carboxylic acids is 2. The Balaban J connectivity index is 1.17. The number of amides is 2. The van der Waals surface area contributed by atoms with Crippen LogP contribution in [0.25, 0.3) is 0 Å². The standard InChI is InChI=1S/C27H29N3O4/c1-29(2)12-13-30-26(31)21-19-14-20(22(21)27(30)32)25-23(19)24(28-34-25)17-8-10-18(11-9-17)33-15-16-6-4-3-5-7-16/h3-11,19-23,25H,12-15H2,1-2H3/t19-,20+,21+,22-,23+,25+/m0/s1. The highest BCUT2D eigenvalue weighted by Gasteiger charge is 2.70. The Hall–Kier alpha value is -3.19. The van der Waals surface area contributed by atoms with Crippen molar-refractivity contribution >= 4 is 17.5 Å². The summed E-state index contributed by atoms with van der Waals surface area (Å²) in [6, 6.07) is 18.0. The highest BCUT2D eigenvalue weighted by Crippen LogP contribution is 2.61. The molecule has 2 aliphatic carbocycles. The maximum absolute atomic E-state index is 13.3. The number of hydrogen-bond acceptors (Lipinski definition) is 6. The van der Waals surface area contributed by atoms with Gasteiger partial charge < -0.3 is 14.5 Å². The maximum atomic E-state index is 13.3. The number of likely N-dealkylation sites (N-methyl/N-ethyl adjacent to an activating group) is 1. The Morgan fingerprint density at radius 3 is 2.38 bits per heavy atom. The molecule has 6 atom stereocenters. The fourth-order valence-corrected chi connectivity index (χ4v) is 6.41. The highest BCUT2D eigenvalue weighted by atomic mass is 16.6. The number of oxime groups is 1. The van der Waals surface area contributed by atoms with E-state index in [1.54, 1.807) is 0 Å². The number of benzene rings is 2. The number of likely N-dealkylation sites (tertiary alicyclic amines) is 1. The third-order valence-electron chi connectivity index (χ3n) is 7.95. The number of rotatable bonds is 7. The summed E-state index contributed by atoms with van der Waals surface area (Å²) in [4.78, 5) is 35.8. The van der Waals surface area contributed by atoms with Gasteiger partial charge in [0, 0.05) is 30.5 Å². The Morgan fingerprint density at radius 2 is 1.68 bits per heavy atom. The number of hydrogen-bond donors (Lipinski definition) is 0. The molecule has 3 fully saturated rings. The first-order valence-corrected chi connectivity index (χ1v) is 12.0. The zero-order chi connectivity index (χ0) is 23.4. The van der Waals surface area contributed by atoms with Crippen LogP contribution in [0.15, 0.2) is 59.8 Å². The first kappa shape index (κ1) is 21.4. The lowest BCUT2D eigenvalue weighted by Crippen LogP contribution is -2.41. The summed E-state index contributed by atoms with van der Waals surface area (Å²) in [6.45, 7) is 1.65. The number of fused-ring (bicyclic) bond motifs is 8. The van der Waals surface area contributed by atoms with Gasteiger partial charge in [-0.1, -0.05) is 35.5 Å². The quantitative estimate of drug-likeness (QED) is 0.596. The molecule has 2 saturated carbocycles. The van der Waals surface area contributed by atoms with Crippen molar-refractivity contribution in [3.63, 3.8) is 0 Å². The summed E-state index contributed by atoms with van der Waals surface area (Å²) >= 11 is 0. The van der Waals surface area contributed by atoms with Crippen LogP contribution >= 0.6 is 0 Å². The average Bonchev–Trinajstić information content (AvgIpc) is 3.58. The summed E-state index contributed by atoms with van der Waals surface area (Å²) in [6.07, 6.45) is 0.752. The molecule has 2 bridgehead atoms. The molecule has 7 heteroatoms. The molecule has 0 aromatic heterocycles. The van der Waals surface area contributed by atoms with E-state index in [1.165, 1.54) is 4.90 Å². The molecule has 1 saturated heterocycles. The maximum Gasteiger partial charge on any atom is 0.233 e. The van der Waals surface area contributed by atoms with E-state index in [9.17, 15) is 9.59 Å². The lowest BCUT2D eigenvalue weighted by Gasteiger charge is -2.29. The highest BCUT2D eigenvalue weighted by molar-refractivity contribution is 6.09. The minimum atomic E-state index is -0.246.